The highest BCUT2D eigenvalue weighted by molar-refractivity contribution is 6.07. The molecule has 0 aliphatic heterocycles. The van der Waals surface area contributed by atoms with Gasteiger partial charge in [0.25, 0.3) is 5.91 Å². The molecule has 1 heterocycles. The number of aryl methyl sites for hydroxylation is 1. The van der Waals surface area contributed by atoms with Crippen LogP contribution in [0.5, 0.6) is 5.75 Å². The summed E-state index contributed by atoms with van der Waals surface area (Å²) in [7, 11) is 3.39. The SMILES string of the molecule is CC(=O)N(C)CCOc1ccc(NC(=O)c2cnn(C)c2N)cc1. The second kappa shape index (κ2) is 7.49. The largest absolute Gasteiger partial charge is 0.492 e. The number of hydrogen-bond acceptors (Lipinski definition) is 5. The fourth-order valence-corrected chi connectivity index (χ4v) is 1.91. The number of nitrogens with one attached hydrogen (secondary N) is 1. The predicted molar refractivity (Wildman–Crippen MR) is 90.8 cm³/mol. The zero-order valence-corrected chi connectivity index (χ0v) is 13.9. The van der Waals surface area contributed by atoms with E-state index >= 15 is 0 Å². The van der Waals surface area contributed by atoms with Gasteiger partial charge < -0.3 is 20.7 Å². The van der Waals surface area contributed by atoms with E-state index in [0.717, 1.165) is 0 Å². The average molecular weight is 331 g/mol. The van der Waals surface area contributed by atoms with Gasteiger partial charge in [-0.2, -0.15) is 5.10 Å². The Morgan fingerprint density at radius 1 is 1.33 bits per heavy atom. The van der Waals surface area contributed by atoms with Gasteiger partial charge in [0.05, 0.1) is 12.7 Å². The van der Waals surface area contributed by atoms with Gasteiger partial charge in [0.15, 0.2) is 0 Å². The highest BCUT2D eigenvalue weighted by atomic mass is 16.5. The maximum absolute atomic E-state index is 12.1. The Bertz CT molecular complexity index is 724. The van der Waals surface area contributed by atoms with Crippen LogP contribution < -0.4 is 15.8 Å². The zero-order chi connectivity index (χ0) is 17.7. The minimum absolute atomic E-state index is 0.00802. The van der Waals surface area contributed by atoms with E-state index in [0.29, 0.717) is 36.0 Å². The van der Waals surface area contributed by atoms with Crippen LogP contribution in [-0.2, 0) is 11.8 Å². The molecular weight excluding hydrogens is 310 g/mol. The number of anilines is 2. The number of nitrogen functional groups attached to an aromatic ring is 1. The molecule has 3 N–H and O–H groups in total. The minimum atomic E-state index is -0.322. The molecule has 2 amide bonds. The number of hydrogen-bond donors (Lipinski definition) is 2. The Balaban J connectivity index is 1.89. The van der Waals surface area contributed by atoms with E-state index in [-0.39, 0.29) is 11.8 Å². The second-order valence-electron chi connectivity index (χ2n) is 5.33. The van der Waals surface area contributed by atoms with Crippen molar-refractivity contribution in [3.8, 4) is 5.75 Å². The van der Waals surface area contributed by atoms with E-state index in [1.807, 2.05) is 0 Å². The number of aromatic nitrogens is 2. The number of likely N-dealkylation sites (N-methyl/N-ethyl adjacent to an activating group) is 1. The van der Waals surface area contributed by atoms with Crippen molar-refractivity contribution in [2.75, 3.05) is 31.2 Å². The third-order valence-electron chi connectivity index (χ3n) is 3.57. The molecule has 0 aliphatic rings. The Hall–Kier alpha value is -3.03. The Morgan fingerprint density at radius 2 is 2.00 bits per heavy atom. The molecule has 128 valence electrons. The van der Waals surface area contributed by atoms with Crippen LogP contribution in [-0.4, -0.2) is 46.7 Å². The van der Waals surface area contributed by atoms with E-state index in [2.05, 4.69) is 10.4 Å². The summed E-state index contributed by atoms with van der Waals surface area (Å²) in [5.41, 5.74) is 6.72. The number of nitrogens with zero attached hydrogens (tertiary/aromatic N) is 3. The van der Waals surface area contributed by atoms with Crippen LogP contribution in [0.2, 0.25) is 0 Å². The van der Waals surface area contributed by atoms with Gasteiger partial charge in [-0.05, 0) is 24.3 Å². The molecule has 0 aliphatic carbocycles. The highest BCUT2D eigenvalue weighted by Crippen LogP contribution is 2.18. The van der Waals surface area contributed by atoms with Crippen molar-refractivity contribution in [2.24, 2.45) is 7.05 Å². The molecule has 1 aromatic carbocycles. The molecular formula is C16H21N5O3. The highest BCUT2D eigenvalue weighted by Gasteiger charge is 2.13. The second-order valence-corrected chi connectivity index (χ2v) is 5.33. The molecule has 0 saturated carbocycles. The lowest BCUT2D eigenvalue weighted by Gasteiger charge is -2.15. The maximum atomic E-state index is 12.1. The number of rotatable bonds is 6. The van der Waals surface area contributed by atoms with E-state index in [1.54, 1.807) is 43.3 Å². The number of amides is 2. The molecule has 0 bridgehead atoms. The smallest absolute Gasteiger partial charge is 0.261 e. The number of nitrogens with two attached hydrogens (primary N) is 1. The van der Waals surface area contributed by atoms with Crippen molar-refractivity contribution in [1.29, 1.82) is 0 Å². The number of carbonyl (C=O) groups excluding carboxylic acids is 2. The summed E-state index contributed by atoms with van der Waals surface area (Å²) in [4.78, 5) is 24.8. The van der Waals surface area contributed by atoms with Crippen molar-refractivity contribution >= 4 is 23.3 Å². The monoisotopic (exact) mass is 331 g/mol. The first-order chi connectivity index (χ1) is 11.4. The molecule has 0 atom stereocenters. The molecule has 0 fully saturated rings. The molecule has 8 nitrogen and oxygen atoms in total. The molecule has 2 rings (SSSR count). The number of carbonyl (C=O) groups is 2. The van der Waals surface area contributed by atoms with E-state index in [1.165, 1.54) is 17.8 Å². The number of ether oxygens (including phenoxy) is 1. The van der Waals surface area contributed by atoms with Crippen molar-refractivity contribution in [2.45, 2.75) is 6.92 Å². The molecule has 0 spiro atoms. The van der Waals surface area contributed by atoms with E-state index < -0.39 is 0 Å². The van der Waals surface area contributed by atoms with Crippen LogP contribution in [0.3, 0.4) is 0 Å². The summed E-state index contributed by atoms with van der Waals surface area (Å²) >= 11 is 0. The van der Waals surface area contributed by atoms with Gasteiger partial charge in [0.1, 0.15) is 23.7 Å². The van der Waals surface area contributed by atoms with Crippen LogP contribution >= 0.6 is 0 Å². The third-order valence-corrected chi connectivity index (χ3v) is 3.57. The van der Waals surface area contributed by atoms with Gasteiger partial charge in [-0.15, -0.1) is 0 Å². The zero-order valence-electron chi connectivity index (χ0n) is 13.9. The molecule has 1 aromatic heterocycles. The first-order valence-corrected chi connectivity index (χ1v) is 7.42. The fourth-order valence-electron chi connectivity index (χ4n) is 1.91. The Kier molecular flexibility index (Phi) is 5.41. The van der Waals surface area contributed by atoms with Gasteiger partial charge in [-0.1, -0.05) is 0 Å². The lowest BCUT2D eigenvalue weighted by molar-refractivity contribution is -0.127. The van der Waals surface area contributed by atoms with Crippen LogP contribution in [0.1, 0.15) is 17.3 Å². The fraction of sp³-hybridized carbons (Fsp3) is 0.312. The predicted octanol–water partition coefficient (Wildman–Crippen LogP) is 1.11. The summed E-state index contributed by atoms with van der Waals surface area (Å²) in [5.74, 6) is 0.636. The van der Waals surface area contributed by atoms with Crippen molar-refractivity contribution in [3.63, 3.8) is 0 Å². The van der Waals surface area contributed by atoms with E-state index in [4.69, 9.17) is 10.5 Å². The average Bonchev–Trinajstić information content (AvgIpc) is 2.88. The number of benzene rings is 1. The normalized spacial score (nSPS) is 10.3. The molecule has 2 aromatic rings. The standard InChI is InChI=1S/C16H21N5O3/c1-11(22)20(2)8-9-24-13-6-4-12(5-7-13)19-16(23)14-10-18-21(3)15(14)17/h4-7,10H,8-9,17H2,1-3H3,(H,19,23). The lowest BCUT2D eigenvalue weighted by atomic mass is 10.2. The Labute approximate surface area is 140 Å². The molecule has 0 radical (unpaired) electrons. The summed E-state index contributed by atoms with van der Waals surface area (Å²) in [6, 6.07) is 6.95. The Morgan fingerprint density at radius 3 is 2.54 bits per heavy atom. The van der Waals surface area contributed by atoms with Gasteiger partial charge in [-0.3, -0.25) is 14.3 Å². The van der Waals surface area contributed by atoms with Crippen molar-refractivity contribution in [3.05, 3.63) is 36.0 Å². The van der Waals surface area contributed by atoms with Gasteiger partial charge >= 0.3 is 0 Å². The molecule has 0 saturated heterocycles. The van der Waals surface area contributed by atoms with Crippen LogP contribution in [0, 0.1) is 0 Å². The quantitative estimate of drug-likeness (QED) is 0.825. The summed E-state index contributed by atoms with van der Waals surface area (Å²) in [6.45, 7) is 2.41. The first kappa shape index (κ1) is 17.3. The maximum Gasteiger partial charge on any atom is 0.261 e. The van der Waals surface area contributed by atoms with Gasteiger partial charge in [0.2, 0.25) is 5.91 Å². The van der Waals surface area contributed by atoms with Gasteiger partial charge in [-0.25, -0.2) is 0 Å². The van der Waals surface area contributed by atoms with Crippen LogP contribution in [0.4, 0.5) is 11.5 Å². The molecule has 0 unspecified atom stereocenters. The first-order valence-electron chi connectivity index (χ1n) is 7.42. The molecule has 8 heteroatoms. The lowest BCUT2D eigenvalue weighted by Crippen LogP contribution is -2.28. The van der Waals surface area contributed by atoms with Crippen molar-refractivity contribution < 1.29 is 14.3 Å². The van der Waals surface area contributed by atoms with Crippen molar-refractivity contribution in [1.82, 2.24) is 14.7 Å². The summed E-state index contributed by atoms with van der Waals surface area (Å²) in [5, 5.41) is 6.68. The van der Waals surface area contributed by atoms with Crippen LogP contribution in [0.15, 0.2) is 30.5 Å². The summed E-state index contributed by atoms with van der Waals surface area (Å²) in [6.07, 6.45) is 1.42. The topological polar surface area (TPSA) is 102 Å². The van der Waals surface area contributed by atoms with Gasteiger partial charge in [0, 0.05) is 26.7 Å². The minimum Gasteiger partial charge on any atom is -0.492 e. The summed E-state index contributed by atoms with van der Waals surface area (Å²) < 4.78 is 6.99. The molecule has 24 heavy (non-hydrogen) atoms. The van der Waals surface area contributed by atoms with E-state index in [9.17, 15) is 9.59 Å². The van der Waals surface area contributed by atoms with Crippen LogP contribution in [0.25, 0.3) is 0 Å². The third kappa shape index (κ3) is 4.25.